The van der Waals surface area contributed by atoms with Gasteiger partial charge < -0.3 is 14.6 Å². The number of benzene rings is 3. The Kier molecular flexibility index (Phi) is 6.18. The van der Waals surface area contributed by atoms with Crippen molar-refractivity contribution in [3.8, 4) is 11.5 Å². The van der Waals surface area contributed by atoms with E-state index >= 15 is 0 Å². The Bertz CT molecular complexity index is 1220. The number of carbonyl (C=O) groups is 2. The number of aryl methyl sites for hydroxylation is 1. The Morgan fingerprint density at radius 2 is 1.70 bits per heavy atom. The molecule has 0 radical (unpaired) electrons. The van der Waals surface area contributed by atoms with Gasteiger partial charge in [0.1, 0.15) is 17.3 Å². The van der Waals surface area contributed by atoms with Crippen molar-refractivity contribution >= 4 is 23.1 Å². The van der Waals surface area contributed by atoms with Crippen molar-refractivity contribution in [1.82, 2.24) is 0 Å². The van der Waals surface area contributed by atoms with E-state index in [1.165, 1.54) is 4.90 Å². The summed E-state index contributed by atoms with van der Waals surface area (Å²) in [7, 11) is 1.57. The lowest BCUT2D eigenvalue weighted by molar-refractivity contribution is -0.132. The van der Waals surface area contributed by atoms with Gasteiger partial charge >= 0.3 is 0 Å². The summed E-state index contributed by atoms with van der Waals surface area (Å²) in [6.07, 6.45) is 0. The Balaban J connectivity index is 1.90. The molecule has 0 aliphatic carbocycles. The molecule has 0 saturated carbocycles. The molecule has 6 heteroatoms. The number of carbonyl (C=O) groups excluding carboxylic acids is 2. The van der Waals surface area contributed by atoms with E-state index in [0.29, 0.717) is 34.9 Å². The van der Waals surface area contributed by atoms with E-state index in [1.54, 1.807) is 61.7 Å². The molecule has 1 fully saturated rings. The van der Waals surface area contributed by atoms with Gasteiger partial charge in [0, 0.05) is 11.3 Å². The van der Waals surface area contributed by atoms with Crippen LogP contribution in [0, 0.1) is 6.92 Å². The monoisotopic (exact) mass is 443 g/mol. The summed E-state index contributed by atoms with van der Waals surface area (Å²) in [5, 5.41) is 11.2. The van der Waals surface area contributed by atoms with Crippen LogP contribution in [-0.4, -0.2) is 30.5 Å². The fourth-order valence-electron chi connectivity index (χ4n) is 4.10. The van der Waals surface area contributed by atoms with Gasteiger partial charge in [-0.3, -0.25) is 14.5 Å². The first-order valence-electron chi connectivity index (χ1n) is 10.7. The van der Waals surface area contributed by atoms with Crippen molar-refractivity contribution in [2.45, 2.75) is 19.9 Å². The normalized spacial score (nSPS) is 17.3. The summed E-state index contributed by atoms with van der Waals surface area (Å²) in [6, 6.07) is 20.5. The van der Waals surface area contributed by atoms with Crippen LogP contribution in [0.15, 0.2) is 78.4 Å². The average molecular weight is 443 g/mol. The van der Waals surface area contributed by atoms with Crippen LogP contribution in [0.25, 0.3) is 5.76 Å². The first kappa shape index (κ1) is 22.1. The Hall–Kier alpha value is -4.06. The number of para-hydroxylation sites is 1. The molecule has 3 aromatic carbocycles. The number of Topliss-reactive ketones (excluding diaryl/α,β-unsaturated/α-hetero) is 1. The summed E-state index contributed by atoms with van der Waals surface area (Å²) in [4.78, 5) is 27.8. The van der Waals surface area contributed by atoms with E-state index in [2.05, 4.69) is 0 Å². The molecule has 1 amide bonds. The molecule has 1 atom stereocenters. The highest BCUT2D eigenvalue weighted by molar-refractivity contribution is 6.51. The third-order valence-corrected chi connectivity index (χ3v) is 5.65. The van der Waals surface area contributed by atoms with Gasteiger partial charge in [-0.1, -0.05) is 30.3 Å². The van der Waals surface area contributed by atoms with Crippen molar-refractivity contribution in [2.24, 2.45) is 0 Å². The number of anilines is 1. The molecule has 1 N–H and O–H groups in total. The Morgan fingerprint density at radius 3 is 2.30 bits per heavy atom. The molecule has 0 aromatic heterocycles. The van der Waals surface area contributed by atoms with Crippen molar-refractivity contribution in [3.05, 3.63) is 95.1 Å². The first-order valence-corrected chi connectivity index (χ1v) is 10.7. The number of ketones is 1. The number of ether oxygens (including phenoxy) is 2. The highest BCUT2D eigenvalue weighted by Crippen LogP contribution is 2.42. The van der Waals surface area contributed by atoms with Crippen molar-refractivity contribution < 1.29 is 24.2 Å². The fourth-order valence-corrected chi connectivity index (χ4v) is 4.10. The second-order valence-corrected chi connectivity index (χ2v) is 7.69. The molecule has 3 aromatic rings. The standard InChI is InChI=1S/C27H25NO5/c1-4-33-21-13-10-18(11-14-21)24-23(25(29)19-12-15-22(32-3)17(2)16-19)26(30)27(31)28(24)20-8-6-5-7-9-20/h5-16,24,29H,4H2,1-3H3/b25-23-. The van der Waals surface area contributed by atoms with Crippen LogP contribution in [0.3, 0.4) is 0 Å². The highest BCUT2D eigenvalue weighted by Gasteiger charge is 2.46. The number of nitrogens with zero attached hydrogens (tertiary/aromatic N) is 1. The van der Waals surface area contributed by atoms with Gasteiger partial charge in [-0.05, 0) is 67.4 Å². The van der Waals surface area contributed by atoms with Gasteiger partial charge in [0.05, 0.1) is 25.3 Å². The second kappa shape index (κ2) is 9.20. The minimum atomic E-state index is -0.787. The number of aliphatic hydroxyl groups is 1. The van der Waals surface area contributed by atoms with Gasteiger partial charge in [0.15, 0.2) is 0 Å². The van der Waals surface area contributed by atoms with Gasteiger partial charge in [0.2, 0.25) is 0 Å². The predicted molar refractivity (Wildman–Crippen MR) is 127 cm³/mol. The van der Waals surface area contributed by atoms with E-state index in [4.69, 9.17) is 9.47 Å². The largest absolute Gasteiger partial charge is 0.507 e. The zero-order valence-corrected chi connectivity index (χ0v) is 18.7. The third-order valence-electron chi connectivity index (χ3n) is 5.65. The number of hydrogen-bond donors (Lipinski definition) is 1. The number of amides is 1. The first-order chi connectivity index (χ1) is 16.0. The van der Waals surface area contributed by atoms with Gasteiger partial charge in [-0.2, -0.15) is 0 Å². The molecule has 168 valence electrons. The van der Waals surface area contributed by atoms with Crippen molar-refractivity contribution in [3.63, 3.8) is 0 Å². The van der Waals surface area contributed by atoms with Crippen molar-refractivity contribution in [2.75, 3.05) is 18.6 Å². The van der Waals surface area contributed by atoms with Crippen LogP contribution in [-0.2, 0) is 9.59 Å². The lowest BCUT2D eigenvalue weighted by Gasteiger charge is -2.25. The van der Waals surface area contributed by atoms with Crippen LogP contribution < -0.4 is 14.4 Å². The molecule has 0 bridgehead atoms. The SMILES string of the molecule is CCOc1ccc(C2/C(=C(/O)c3ccc(OC)c(C)c3)C(=O)C(=O)N2c2ccccc2)cc1. The third kappa shape index (κ3) is 4.07. The quantitative estimate of drug-likeness (QED) is 0.329. The zero-order chi connectivity index (χ0) is 23.5. The molecule has 1 unspecified atom stereocenters. The van der Waals surface area contributed by atoms with E-state index in [-0.39, 0.29) is 11.3 Å². The minimum absolute atomic E-state index is 0.0394. The molecule has 1 aliphatic rings. The Morgan fingerprint density at radius 1 is 1.00 bits per heavy atom. The summed E-state index contributed by atoms with van der Waals surface area (Å²) < 4.78 is 10.8. The summed E-state index contributed by atoms with van der Waals surface area (Å²) in [6.45, 7) is 4.27. The summed E-state index contributed by atoms with van der Waals surface area (Å²) >= 11 is 0. The van der Waals surface area contributed by atoms with E-state index in [9.17, 15) is 14.7 Å². The molecule has 0 spiro atoms. The van der Waals surface area contributed by atoms with Crippen LogP contribution in [0.4, 0.5) is 5.69 Å². The molecule has 33 heavy (non-hydrogen) atoms. The molecule has 1 saturated heterocycles. The predicted octanol–water partition coefficient (Wildman–Crippen LogP) is 5.03. The van der Waals surface area contributed by atoms with Crippen molar-refractivity contribution in [1.29, 1.82) is 0 Å². The molecular formula is C27H25NO5. The lowest BCUT2D eigenvalue weighted by atomic mass is 9.94. The van der Waals surface area contributed by atoms with Gasteiger partial charge in [-0.25, -0.2) is 0 Å². The summed E-state index contributed by atoms with van der Waals surface area (Å²) in [5.74, 6) is -0.296. The smallest absolute Gasteiger partial charge is 0.300 e. The highest BCUT2D eigenvalue weighted by atomic mass is 16.5. The van der Waals surface area contributed by atoms with E-state index < -0.39 is 17.7 Å². The maximum Gasteiger partial charge on any atom is 0.300 e. The minimum Gasteiger partial charge on any atom is -0.507 e. The van der Waals surface area contributed by atoms with Crippen LogP contribution in [0.5, 0.6) is 11.5 Å². The van der Waals surface area contributed by atoms with E-state index in [1.807, 2.05) is 32.0 Å². The summed E-state index contributed by atoms with van der Waals surface area (Å²) in [5.41, 5.74) is 2.54. The Labute approximate surface area is 192 Å². The number of hydrogen-bond acceptors (Lipinski definition) is 5. The van der Waals surface area contributed by atoms with Crippen LogP contribution in [0.2, 0.25) is 0 Å². The number of methoxy groups -OCH3 is 1. The van der Waals surface area contributed by atoms with Crippen LogP contribution in [0.1, 0.15) is 29.7 Å². The maximum absolute atomic E-state index is 13.2. The molecule has 1 aliphatic heterocycles. The fraction of sp³-hybridized carbons (Fsp3) is 0.185. The molecule has 1 heterocycles. The van der Waals surface area contributed by atoms with E-state index in [0.717, 1.165) is 5.56 Å². The van der Waals surface area contributed by atoms with Crippen LogP contribution >= 0.6 is 0 Å². The molecule has 6 nitrogen and oxygen atoms in total. The molecule has 4 rings (SSSR count). The average Bonchev–Trinajstić information content (AvgIpc) is 3.10. The topological polar surface area (TPSA) is 76.1 Å². The maximum atomic E-state index is 13.2. The molecular weight excluding hydrogens is 418 g/mol. The zero-order valence-electron chi connectivity index (χ0n) is 18.7. The number of rotatable bonds is 6. The number of aliphatic hydroxyl groups excluding tert-OH is 1. The second-order valence-electron chi connectivity index (χ2n) is 7.69. The van der Waals surface area contributed by atoms with Gasteiger partial charge in [-0.15, -0.1) is 0 Å². The van der Waals surface area contributed by atoms with Gasteiger partial charge in [0.25, 0.3) is 11.7 Å². The lowest BCUT2D eigenvalue weighted by Crippen LogP contribution is -2.29.